The number of nitrogens with two attached hydrogens (primary N) is 1. The van der Waals surface area contributed by atoms with Crippen LogP contribution in [0.5, 0.6) is 0 Å². The third-order valence-corrected chi connectivity index (χ3v) is 3.36. The summed E-state index contributed by atoms with van der Waals surface area (Å²) in [4.78, 5) is 25.1. The Morgan fingerprint density at radius 2 is 2.00 bits per heavy atom. The summed E-state index contributed by atoms with van der Waals surface area (Å²) in [7, 11) is 0. The lowest BCUT2D eigenvalue weighted by Gasteiger charge is -2.18. The summed E-state index contributed by atoms with van der Waals surface area (Å²) >= 11 is 0. The zero-order chi connectivity index (χ0) is 14.8. The van der Waals surface area contributed by atoms with Crippen molar-refractivity contribution < 1.29 is 9.59 Å². The molecule has 0 unspecified atom stereocenters. The lowest BCUT2D eigenvalue weighted by atomic mass is 10.1. The van der Waals surface area contributed by atoms with E-state index in [2.05, 4.69) is 5.32 Å². The van der Waals surface area contributed by atoms with E-state index in [1.807, 2.05) is 24.3 Å². The van der Waals surface area contributed by atoms with Crippen molar-refractivity contribution in [3.63, 3.8) is 0 Å². The first-order valence-corrected chi connectivity index (χ1v) is 6.84. The van der Waals surface area contributed by atoms with Gasteiger partial charge in [-0.25, -0.2) is 0 Å². The van der Waals surface area contributed by atoms with Crippen LogP contribution < -0.4 is 16.0 Å². The van der Waals surface area contributed by atoms with Gasteiger partial charge < -0.3 is 16.0 Å². The van der Waals surface area contributed by atoms with E-state index in [0.717, 1.165) is 24.2 Å². The molecule has 1 aromatic rings. The Labute approximate surface area is 119 Å². The van der Waals surface area contributed by atoms with E-state index >= 15 is 0 Å². The lowest BCUT2D eigenvalue weighted by molar-refractivity contribution is -0.125. The number of carbonyl (C=O) groups is 2. The minimum Gasteiger partial charge on any atom is -0.350 e. The first kappa shape index (κ1) is 14.5. The molecule has 5 nitrogen and oxygen atoms in total. The summed E-state index contributed by atoms with van der Waals surface area (Å²) in [6.45, 7) is 4.57. The van der Waals surface area contributed by atoms with E-state index in [9.17, 15) is 9.59 Å². The zero-order valence-corrected chi connectivity index (χ0v) is 12.0. The number of nitrogens with one attached hydrogen (secondary N) is 1. The first-order chi connectivity index (χ1) is 9.38. The van der Waals surface area contributed by atoms with Crippen LogP contribution >= 0.6 is 0 Å². The highest BCUT2D eigenvalue weighted by Crippen LogP contribution is 2.21. The Balaban J connectivity index is 1.95. The van der Waals surface area contributed by atoms with Crippen LogP contribution in [0, 0.1) is 0 Å². The standard InChI is InChI=1S/C15H21N3O2/c1-15(2,16)14(20)17-10-11-5-7-12(8-6-11)18-9-3-4-13(18)19/h5-8H,3-4,9-10,16H2,1-2H3,(H,17,20). The second-order valence-corrected chi connectivity index (χ2v) is 5.72. The van der Waals surface area contributed by atoms with E-state index in [0.29, 0.717) is 13.0 Å². The summed E-state index contributed by atoms with van der Waals surface area (Å²) in [5.74, 6) is -0.00719. The maximum atomic E-state index is 11.7. The SMILES string of the molecule is CC(C)(N)C(=O)NCc1ccc(N2CCCC2=O)cc1. The molecule has 20 heavy (non-hydrogen) atoms. The topological polar surface area (TPSA) is 75.4 Å². The van der Waals surface area contributed by atoms with Crippen molar-refractivity contribution in [2.45, 2.75) is 38.8 Å². The van der Waals surface area contributed by atoms with Gasteiger partial charge >= 0.3 is 0 Å². The molecule has 108 valence electrons. The molecule has 1 saturated heterocycles. The first-order valence-electron chi connectivity index (χ1n) is 6.84. The minimum absolute atomic E-state index is 0.177. The molecule has 0 spiro atoms. The fraction of sp³-hybridized carbons (Fsp3) is 0.467. The molecule has 3 N–H and O–H groups in total. The summed E-state index contributed by atoms with van der Waals surface area (Å²) in [6.07, 6.45) is 1.55. The quantitative estimate of drug-likeness (QED) is 0.866. The Hall–Kier alpha value is -1.88. The summed E-state index contributed by atoms with van der Waals surface area (Å²) in [6, 6.07) is 7.67. The van der Waals surface area contributed by atoms with Crippen LogP contribution in [-0.4, -0.2) is 23.9 Å². The highest BCUT2D eigenvalue weighted by atomic mass is 16.2. The molecule has 5 heteroatoms. The van der Waals surface area contributed by atoms with Gasteiger partial charge in [0.05, 0.1) is 5.54 Å². The van der Waals surface area contributed by atoms with Crippen molar-refractivity contribution in [3.05, 3.63) is 29.8 Å². The fourth-order valence-electron chi connectivity index (χ4n) is 2.13. The van der Waals surface area contributed by atoms with E-state index in [4.69, 9.17) is 5.73 Å². The highest BCUT2D eigenvalue weighted by Gasteiger charge is 2.22. The molecule has 0 bridgehead atoms. The predicted octanol–water partition coefficient (Wildman–Crippen LogP) is 1.17. The molecule has 0 aromatic heterocycles. The molecule has 2 amide bonds. The maximum absolute atomic E-state index is 11.7. The molecule has 2 rings (SSSR count). The third-order valence-electron chi connectivity index (χ3n) is 3.36. The van der Waals surface area contributed by atoms with Gasteiger partial charge in [-0.1, -0.05) is 12.1 Å². The molecule has 1 aromatic carbocycles. The van der Waals surface area contributed by atoms with Crippen molar-refractivity contribution in [3.8, 4) is 0 Å². The Morgan fingerprint density at radius 1 is 1.35 bits per heavy atom. The van der Waals surface area contributed by atoms with E-state index in [-0.39, 0.29) is 11.8 Å². The van der Waals surface area contributed by atoms with Crippen LogP contribution in [0.3, 0.4) is 0 Å². The lowest BCUT2D eigenvalue weighted by Crippen LogP contribution is -2.48. The molecule has 0 atom stereocenters. The van der Waals surface area contributed by atoms with E-state index in [1.165, 1.54) is 0 Å². The van der Waals surface area contributed by atoms with Crippen LogP contribution in [0.15, 0.2) is 24.3 Å². The van der Waals surface area contributed by atoms with Gasteiger partial charge in [0.15, 0.2) is 0 Å². The van der Waals surface area contributed by atoms with Crippen molar-refractivity contribution in [1.82, 2.24) is 5.32 Å². The van der Waals surface area contributed by atoms with Crippen LogP contribution in [0.4, 0.5) is 5.69 Å². The number of nitrogens with zero attached hydrogens (tertiary/aromatic N) is 1. The van der Waals surface area contributed by atoms with Crippen molar-refractivity contribution in [2.24, 2.45) is 5.73 Å². The number of hydrogen-bond donors (Lipinski definition) is 2. The van der Waals surface area contributed by atoms with E-state index in [1.54, 1.807) is 18.7 Å². The van der Waals surface area contributed by atoms with Crippen molar-refractivity contribution in [2.75, 3.05) is 11.4 Å². The Kier molecular flexibility index (Phi) is 4.09. The van der Waals surface area contributed by atoms with Crippen LogP contribution in [0.2, 0.25) is 0 Å². The van der Waals surface area contributed by atoms with Crippen LogP contribution in [0.1, 0.15) is 32.3 Å². The van der Waals surface area contributed by atoms with Gasteiger partial charge in [-0.05, 0) is 38.0 Å². The third kappa shape index (κ3) is 3.36. The summed E-state index contributed by atoms with van der Waals surface area (Å²) in [5, 5.41) is 2.79. The molecular weight excluding hydrogens is 254 g/mol. The van der Waals surface area contributed by atoms with Gasteiger partial charge in [-0.2, -0.15) is 0 Å². The molecule has 0 radical (unpaired) electrons. The van der Waals surface area contributed by atoms with Crippen LogP contribution in [0.25, 0.3) is 0 Å². The average Bonchev–Trinajstić information content (AvgIpc) is 2.82. The molecule has 1 heterocycles. The largest absolute Gasteiger partial charge is 0.350 e. The second-order valence-electron chi connectivity index (χ2n) is 5.72. The van der Waals surface area contributed by atoms with Gasteiger partial charge in [0.1, 0.15) is 0 Å². The molecular formula is C15H21N3O2. The summed E-state index contributed by atoms with van der Waals surface area (Å²) < 4.78 is 0. The van der Waals surface area contributed by atoms with Crippen molar-refractivity contribution >= 4 is 17.5 Å². The average molecular weight is 275 g/mol. The molecule has 1 aliphatic rings. The van der Waals surface area contributed by atoms with Crippen molar-refractivity contribution in [1.29, 1.82) is 0 Å². The van der Waals surface area contributed by atoms with Crippen LogP contribution in [-0.2, 0) is 16.1 Å². The van der Waals surface area contributed by atoms with Gasteiger partial charge in [0.2, 0.25) is 11.8 Å². The molecule has 1 aliphatic heterocycles. The minimum atomic E-state index is -0.873. The molecule has 1 fully saturated rings. The number of benzene rings is 1. The molecule has 0 saturated carbocycles. The normalized spacial score (nSPS) is 15.6. The Bertz CT molecular complexity index is 503. The predicted molar refractivity (Wildman–Crippen MR) is 78.1 cm³/mol. The number of anilines is 1. The number of amides is 2. The molecule has 0 aliphatic carbocycles. The fourth-order valence-corrected chi connectivity index (χ4v) is 2.13. The van der Waals surface area contributed by atoms with Gasteiger partial charge in [-0.3, -0.25) is 9.59 Å². The Morgan fingerprint density at radius 3 is 2.50 bits per heavy atom. The second kappa shape index (κ2) is 5.63. The number of hydrogen-bond acceptors (Lipinski definition) is 3. The number of carbonyl (C=O) groups excluding carboxylic acids is 2. The number of rotatable bonds is 4. The van der Waals surface area contributed by atoms with Gasteiger partial charge in [0, 0.05) is 25.2 Å². The highest BCUT2D eigenvalue weighted by molar-refractivity contribution is 5.95. The van der Waals surface area contributed by atoms with Gasteiger partial charge in [0.25, 0.3) is 0 Å². The monoisotopic (exact) mass is 275 g/mol. The van der Waals surface area contributed by atoms with E-state index < -0.39 is 5.54 Å². The summed E-state index contributed by atoms with van der Waals surface area (Å²) in [5.41, 5.74) is 6.74. The van der Waals surface area contributed by atoms with Gasteiger partial charge in [-0.15, -0.1) is 0 Å². The zero-order valence-electron chi connectivity index (χ0n) is 12.0. The maximum Gasteiger partial charge on any atom is 0.239 e. The smallest absolute Gasteiger partial charge is 0.239 e.